The van der Waals surface area contributed by atoms with Crippen molar-refractivity contribution < 1.29 is 14.3 Å². The molecular weight excluding hydrogens is 390 g/mol. The van der Waals surface area contributed by atoms with E-state index in [-0.39, 0.29) is 23.8 Å². The minimum Gasteiger partial charge on any atom is -0.496 e. The number of halogens is 1. The van der Waals surface area contributed by atoms with E-state index in [1.807, 2.05) is 13.8 Å². The van der Waals surface area contributed by atoms with Crippen LogP contribution in [0.5, 0.6) is 5.75 Å². The Morgan fingerprint density at radius 2 is 2.07 bits per heavy atom. The number of amides is 2. The number of nitrogens with zero attached hydrogens (tertiary/aromatic N) is 2. The van der Waals surface area contributed by atoms with Crippen molar-refractivity contribution in [2.45, 2.75) is 38.6 Å². The zero-order chi connectivity index (χ0) is 21.0. The first kappa shape index (κ1) is 21.1. The van der Waals surface area contributed by atoms with Crippen LogP contribution in [-0.4, -0.2) is 47.9 Å². The van der Waals surface area contributed by atoms with Crippen molar-refractivity contribution >= 4 is 23.4 Å². The summed E-state index contributed by atoms with van der Waals surface area (Å²) in [4.78, 5) is 32.1. The van der Waals surface area contributed by atoms with Crippen molar-refractivity contribution in [1.82, 2.24) is 15.2 Å². The molecule has 1 aliphatic rings. The molecule has 0 aliphatic carbocycles. The fourth-order valence-corrected chi connectivity index (χ4v) is 3.85. The smallest absolute Gasteiger partial charge is 0.257 e. The molecule has 7 heteroatoms. The summed E-state index contributed by atoms with van der Waals surface area (Å²) >= 11 is 6.10. The zero-order valence-corrected chi connectivity index (χ0v) is 17.7. The molecule has 1 atom stereocenters. The van der Waals surface area contributed by atoms with Gasteiger partial charge in [-0.05, 0) is 57.0 Å². The molecule has 0 radical (unpaired) electrons. The van der Waals surface area contributed by atoms with E-state index in [0.717, 1.165) is 18.5 Å². The Morgan fingerprint density at radius 1 is 1.28 bits per heavy atom. The summed E-state index contributed by atoms with van der Waals surface area (Å²) < 4.78 is 5.34. The van der Waals surface area contributed by atoms with Crippen LogP contribution in [0.3, 0.4) is 0 Å². The van der Waals surface area contributed by atoms with Gasteiger partial charge in [0.25, 0.3) is 11.8 Å². The summed E-state index contributed by atoms with van der Waals surface area (Å²) in [7, 11) is 1.53. The third kappa shape index (κ3) is 4.88. The lowest BCUT2D eigenvalue weighted by Crippen LogP contribution is -2.40. The number of benzene rings is 1. The van der Waals surface area contributed by atoms with E-state index in [0.29, 0.717) is 35.0 Å². The SMILES string of the molecule is COc1ccc(Cl)cc1C(=O)N1CCC[C@H](c2ncccc2C(=O)NC(C)C)C1. The van der Waals surface area contributed by atoms with Crippen LogP contribution in [0.4, 0.5) is 0 Å². The quantitative estimate of drug-likeness (QED) is 0.803. The van der Waals surface area contributed by atoms with Crippen LogP contribution < -0.4 is 10.1 Å². The Labute approximate surface area is 176 Å². The molecule has 0 bridgehead atoms. The molecule has 29 heavy (non-hydrogen) atoms. The standard InChI is InChI=1S/C22H26ClN3O3/c1-14(2)25-21(27)17-7-4-10-24-20(17)15-6-5-11-26(13-15)22(28)18-12-16(23)8-9-19(18)29-3/h4,7-10,12,14-15H,5-6,11,13H2,1-3H3,(H,25,27)/t15-/m0/s1. The number of carbonyl (C=O) groups is 2. The molecule has 1 aromatic heterocycles. The Balaban J connectivity index is 1.84. The molecule has 3 rings (SSSR count). The van der Waals surface area contributed by atoms with E-state index < -0.39 is 0 Å². The first-order valence-electron chi connectivity index (χ1n) is 9.79. The highest BCUT2D eigenvalue weighted by molar-refractivity contribution is 6.31. The highest BCUT2D eigenvalue weighted by Gasteiger charge is 2.30. The van der Waals surface area contributed by atoms with Gasteiger partial charge in [0.1, 0.15) is 5.75 Å². The van der Waals surface area contributed by atoms with Gasteiger partial charge in [-0.1, -0.05) is 11.6 Å². The molecular formula is C22H26ClN3O3. The lowest BCUT2D eigenvalue weighted by atomic mass is 9.90. The molecule has 0 spiro atoms. The minimum atomic E-state index is -0.136. The third-order valence-electron chi connectivity index (χ3n) is 4.99. The highest BCUT2D eigenvalue weighted by Crippen LogP contribution is 2.31. The second-order valence-electron chi connectivity index (χ2n) is 7.50. The number of pyridine rings is 1. The number of carbonyl (C=O) groups excluding carboxylic acids is 2. The normalized spacial score (nSPS) is 16.6. The van der Waals surface area contributed by atoms with Gasteiger partial charge >= 0.3 is 0 Å². The van der Waals surface area contributed by atoms with E-state index in [2.05, 4.69) is 10.3 Å². The second kappa shape index (κ2) is 9.27. The average Bonchev–Trinajstić information content (AvgIpc) is 2.72. The third-order valence-corrected chi connectivity index (χ3v) is 5.23. The molecule has 154 valence electrons. The van der Waals surface area contributed by atoms with Gasteiger partial charge < -0.3 is 15.0 Å². The maximum absolute atomic E-state index is 13.2. The monoisotopic (exact) mass is 415 g/mol. The van der Waals surface area contributed by atoms with Crippen LogP contribution in [0.2, 0.25) is 5.02 Å². The molecule has 1 aromatic carbocycles. The largest absolute Gasteiger partial charge is 0.496 e. The Kier molecular flexibility index (Phi) is 6.75. The van der Waals surface area contributed by atoms with E-state index in [1.165, 1.54) is 7.11 Å². The van der Waals surface area contributed by atoms with Crippen molar-refractivity contribution in [2.24, 2.45) is 0 Å². The number of piperidine rings is 1. The molecule has 1 N–H and O–H groups in total. The number of likely N-dealkylation sites (tertiary alicyclic amines) is 1. The van der Waals surface area contributed by atoms with Crippen LogP contribution in [0, 0.1) is 0 Å². The summed E-state index contributed by atoms with van der Waals surface area (Å²) in [6.45, 7) is 4.99. The Morgan fingerprint density at radius 3 is 2.79 bits per heavy atom. The number of methoxy groups -OCH3 is 1. The first-order valence-corrected chi connectivity index (χ1v) is 10.2. The van der Waals surface area contributed by atoms with Gasteiger partial charge in [0.05, 0.1) is 23.9 Å². The minimum absolute atomic E-state index is 0.00742. The lowest BCUT2D eigenvalue weighted by Gasteiger charge is -2.33. The summed E-state index contributed by atoms with van der Waals surface area (Å²) in [6.07, 6.45) is 3.40. The van der Waals surface area contributed by atoms with Crippen molar-refractivity contribution in [3.8, 4) is 5.75 Å². The second-order valence-corrected chi connectivity index (χ2v) is 7.94. The van der Waals surface area contributed by atoms with Crippen molar-refractivity contribution in [3.63, 3.8) is 0 Å². The summed E-state index contributed by atoms with van der Waals surface area (Å²) in [5, 5.41) is 3.42. The van der Waals surface area contributed by atoms with Crippen LogP contribution in [0.25, 0.3) is 0 Å². The maximum atomic E-state index is 13.2. The van der Waals surface area contributed by atoms with Crippen LogP contribution >= 0.6 is 11.6 Å². The number of ether oxygens (including phenoxy) is 1. The molecule has 1 fully saturated rings. The fourth-order valence-electron chi connectivity index (χ4n) is 3.68. The van der Waals surface area contributed by atoms with Gasteiger partial charge in [0, 0.05) is 36.3 Å². The molecule has 1 saturated heterocycles. The van der Waals surface area contributed by atoms with E-state index in [1.54, 1.807) is 41.4 Å². The summed E-state index contributed by atoms with van der Waals surface area (Å²) in [5.41, 5.74) is 1.75. The van der Waals surface area contributed by atoms with Gasteiger partial charge in [0.2, 0.25) is 0 Å². The molecule has 2 amide bonds. The highest BCUT2D eigenvalue weighted by atomic mass is 35.5. The maximum Gasteiger partial charge on any atom is 0.257 e. The number of hydrogen-bond donors (Lipinski definition) is 1. The molecule has 1 aliphatic heterocycles. The van der Waals surface area contributed by atoms with Gasteiger partial charge in [-0.15, -0.1) is 0 Å². The van der Waals surface area contributed by atoms with Gasteiger partial charge in [-0.2, -0.15) is 0 Å². The average molecular weight is 416 g/mol. The van der Waals surface area contributed by atoms with Crippen LogP contribution in [-0.2, 0) is 0 Å². The molecule has 0 unspecified atom stereocenters. The molecule has 6 nitrogen and oxygen atoms in total. The molecule has 2 aromatic rings. The Hall–Kier alpha value is -2.60. The van der Waals surface area contributed by atoms with E-state index in [4.69, 9.17) is 16.3 Å². The van der Waals surface area contributed by atoms with Crippen LogP contribution in [0.1, 0.15) is 59.0 Å². The molecule has 2 heterocycles. The topological polar surface area (TPSA) is 71.5 Å². The molecule has 0 saturated carbocycles. The van der Waals surface area contributed by atoms with Gasteiger partial charge in [-0.25, -0.2) is 0 Å². The number of rotatable bonds is 5. The number of aromatic nitrogens is 1. The predicted octanol–water partition coefficient (Wildman–Crippen LogP) is 3.90. The summed E-state index contributed by atoms with van der Waals surface area (Å²) in [6, 6.07) is 8.63. The Bertz CT molecular complexity index is 901. The predicted molar refractivity (Wildman–Crippen MR) is 113 cm³/mol. The summed E-state index contributed by atoms with van der Waals surface area (Å²) in [5.74, 6) is 0.226. The number of nitrogens with one attached hydrogen (secondary N) is 1. The fraction of sp³-hybridized carbons (Fsp3) is 0.409. The van der Waals surface area contributed by atoms with Gasteiger partial charge in [-0.3, -0.25) is 14.6 Å². The van der Waals surface area contributed by atoms with E-state index >= 15 is 0 Å². The number of hydrogen-bond acceptors (Lipinski definition) is 4. The van der Waals surface area contributed by atoms with Crippen molar-refractivity contribution in [1.29, 1.82) is 0 Å². The zero-order valence-electron chi connectivity index (χ0n) is 16.9. The lowest BCUT2D eigenvalue weighted by molar-refractivity contribution is 0.0702. The van der Waals surface area contributed by atoms with Gasteiger partial charge in [0.15, 0.2) is 0 Å². The van der Waals surface area contributed by atoms with Crippen molar-refractivity contribution in [2.75, 3.05) is 20.2 Å². The van der Waals surface area contributed by atoms with Crippen molar-refractivity contribution in [3.05, 3.63) is 58.4 Å². The first-order chi connectivity index (χ1) is 13.9. The van der Waals surface area contributed by atoms with E-state index in [9.17, 15) is 9.59 Å². The van der Waals surface area contributed by atoms with Crippen LogP contribution in [0.15, 0.2) is 36.5 Å².